The van der Waals surface area contributed by atoms with Gasteiger partial charge >= 0.3 is 0 Å². The van der Waals surface area contributed by atoms with Crippen molar-refractivity contribution >= 4 is 28.7 Å². The minimum absolute atomic E-state index is 0.202. The molecule has 0 radical (unpaired) electrons. The predicted octanol–water partition coefficient (Wildman–Crippen LogP) is 4.93. The molecule has 0 spiro atoms. The summed E-state index contributed by atoms with van der Waals surface area (Å²) in [4.78, 5) is 14.6. The highest BCUT2D eigenvalue weighted by molar-refractivity contribution is 7.99. The van der Waals surface area contributed by atoms with E-state index in [1.165, 1.54) is 11.8 Å². The van der Waals surface area contributed by atoms with Gasteiger partial charge in [-0.3, -0.25) is 10.1 Å². The summed E-state index contributed by atoms with van der Waals surface area (Å²) in [6.07, 6.45) is 7.57. The van der Waals surface area contributed by atoms with Gasteiger partial charge < -0.3 is 4.98 Å². The second-order valence-corrected chi connectivity index (χ2v) is 6.45. The van der Waals surface area contributed by atoms with Crippen molar-refractivity contribution in [3.05, 3.63) is 88.1 Å². The summed E-state index contributed by atoms with van der Waals surface area (Å²) in [5, 5.41) is 11.9. The molecular formula is C19H18N2O2S. The van der Waals surface area contributed by atoms with E-state index in [0.29, 0.717) is 0 Å². The molecule has 1 heterocycles. The van der Waals surface area contributed by atoms with Gasteiger partial charge in [0.2, 0.25) is 0 Å². The normalized spacial score (nSPS) is 14.0. The molecule has 0 saturated carbocycles. The van der Waals surface area contributed by atoms with E-state index in [9.17, 15) is 10.1 Å². The Hall–Kier alpha value is -2.53. The fraction of sp³-hybridized carbons (Fsp3) is 0.158. The molecular weight excluding hydrogens is 320 g/mol. The largest absolute Gasteiger partial charge is 0.361 e. The van der Waals surface area contributed by atoms with E-state index in [-0.39, 0.29) is 10.8 Å². The molecule has 0 aliphatic heterocycles. The highest BCUT2D eigenvalue weighted by atomic mass is 32.2. The van der Waals surface area contributed by atoms with Crippen molar-refractivity contribution in [2.24, 2.45) is 0 Å². The lowest BCUT2D eigenvalue weighted by molar-refractivity contribution is -0.497. The number of hydrogen-bond acceptors (Lipinski definition) is 3. The summed E-state index contributed by atoms with van der Waals surface area (Å²) in [5.41, 5.74) is 2.98. The van der Waals surface area contributed by atoms with Crippen LogP contribution >= 0.6 is 11.8 Å². The number of thioether (sulfide) groups is 1. The number of nitrogens with one attached hydrogen (secondary N) is 1. The second kappa shape index (κ2) is 7.36. The van der Waals surface area contributed by atoms with Gasteiger partial charge in [-0.2, -0.15) is 0 Å². The molecule has 2 aromatic carbocycles. The zero-order chi connectivity index (χ0) is 16.9. The van der Waals surface area contributed by atoms with E-state index in [1.807, 2.05) is 72.9 Å². The highest BCUT2D eigenvalue weighted by Crippen LogP contribution is 2.34. The Morgan fingerprint density at radius 3 is 2.54 bits per heavy atom. The first-order valence-corrected chi connectivity index (χ1v) is 8.95. The molecule has 0 amide bonds. The average Bonchev–Trinajstić information content (AvgIpc) is 3.03. The maximum Gasteiger partial charge on any atom is 0.268 e. The standard InChI is InChI=1S/C19H18N2O2S/c1-24-19(21(22)23)16(12-11-14-7-3-2-4-8-14)17-13-20-18-10-6-5-9-15(17)18/h2-13,16,19-20H,1H3/b12-11+. The van der Waals surface area contributed by atoms with Crippen LogP contribution in [0.3, 0.4) is 0 Å². The van der Waals surface area contributed by atoms with Gasteiger partial charge in [0.25, 0.3) is 5.37 Å². The molecule has 3 aromatic rings. The topological polar surface area (TPSA) is 58.9 Å². The first kappa shape index (κ1) is 16.3. The molecule has 24 heavy (non-hydrogen) atoms. The fourth-order valence-corrected chi connectivity index (χ4v) is 3.57. The maximum absolute atomic E-state index is 11.6. The highest BCUT2D eigenvalue weighted by Gasteiger charge is 2.31. The van der Waals surface area contributed by atoms with Crippen molar-refractivity contribution in [2.45, 2.75) is 11.3 Å². The van der Waals surface area contributed by atoms with Crippen LogP contribution in [0.4, 0.5) is 0 Å². The molecule has 0 saturated heterocycles. The quantitative estimate of drug-likeness (QED) is 0.394. The van der Waals surface area contributed by atoms with E-state index in [4.69, 9.17) is 0 Å². The average molecular weight is 338 g/mol. The minimum Gasteiger partial charge on any atom is -0.361 e. The maximum atomic E-state index is 11.6. The van der Waals surface area contributed by atoms with Gasteiger partial charge in [-0.15, -0.1) is 0 Å². The van der Waals surface area contributed by atoms with Crippen LogP contribution in [-0.4, -0.2) is 21.5 Å². The Kier molecular flexibility index (Phi) is 5.01. The summed E-state index contributed by atoms with van der Waals surface area (Å²) < 4.78 is 0. The zero-order valence-corrected chi connectivity index (χ0v) is 14.1. The van der Waals surface area contributed by atoms with Crippen LogP contribution in [0.5, 0.6) is 0 Å². The third-order valence-corrected chi connectivity index (χ3v) is 4.98. The summed E-state index contributed by atoms with van der Waals surface area (Å²) in [5.74, 6) is -0.314. The van der Waals surface area contributed by atoms with Crippen LogP contribution in [0, 0.1) is 10.1 Å². The molecule has 0 bridgehead atoms. The predicted molar refractivity (Wildman–Crippen MR) is 101 cm³/mol. The molecule has 0 fully saturated rings. The molecule has 5 heteroatoms. The fourth-order valence-electron chi connectivity index (χ4n) is 2.86. The van der Waals surface area contributed by atoms with Crippen LogP contribution in [0.15, 0.2) is 66.9 Å². The lowest BCUT2D eigenvalue weighted by Gasteiger charge is -2.16. The molecule has 0 aliphatic rings. The smallest absolute Gasteiger partial charge is 0.268 e. The summed E-state index contributed by atoms with van der Waals surface area (Å²) in [7, 11) is 0. The first-order chi connectivity index (χ1) is 11.7. The monoisotopic (exact) mass is 338 g/mol. The van der Waals surface area contributed by atoms with Gasteiger partial charge in [-0.05, 0) is 23.4 Å². The van der Waals surface area contributed by atoms with Crippen molar-refractivity contribution in [1.82, 2.24) is 4.98 Å². The molecule has 4 nitrogen and oxygen atoms in total. The lowest BCUT2D eigenvalue weighted by atomic mass is 9.97. The number of aromatic amines is 1. The van der Waals surface area contributed by atoms with Crippen LogP contribution in [0.1, 0.15) is 17.0 Å². The van der Waals surface area contributed by atoms with Gasteiger partial charge in [0, 0.05) is 22.0 Å². The number of rotatable bonds is 6. The third-order valence-electron chi connectivity index (χ3n) is 4.03. The van der Waals surface area contributed by atoms with Crippen molar-refractivity contribution in [3.63, 3.8) is 0 Å². The van der Waals surface area contributed by atoms with Gasteiger partial charge in [-0.25, -0.2) is 0 Å². The number of nitrogens with zero attached hydrogens (tertiary/aromatic N) is 1. The number of para-hydroxylation sites is 1. The Morgan fingerprint density at radius 2 is 1.83 bits per heavy atom. The molecule has 2 atom stereocenters. The number of hydrogen-bond donors (Lipinski definition) is 1. The Labute approximate surface area is 144 Å². The molecule has 0 aliphatic carbocycles. The van der Waals surface area contributed by atoms with Crippen LogP contribution < -0.4 is 0 Å². The summed E-state index contributed by atoms with van der Waals surface area (Å²) >= 11 is 1.26. The second-order valence-electron chi connectivity index (χ2n) is 5.50. The Bertz CT molecular complexity index is 858. The van der Waals surface area contributed by atoms with E-state index in [0.717, 1.165) is 22.0 Å². The van der Waals surface area contributed by atoms with Crippen LogP contribution in [-0.2, 0) is 0 Å². The first-order valence-electron chi connectivity index (χ1n) is 7.66. The van der Waals surface area contributed by atoms with Gasteiger partial charge in [0.15, 0.2) is 0 Å². The number of aromatic nitrogens is 1. The SMILES string of the molecule is CSC(C(/C=C/c1ccccc1)c1c[nH]c2ccccc12)[N+](=O)[O-]. The molecule has 122 valence electrons. The van der Waals surface area contributed by atoms with E-state index in [1.54, 1.807) is 6.26 Å². The number of fused-ring (bicyclic) bond motifs is 1. The Morgan fingerprint density at radius 1 is 1.12 bits per heavy atom. The van der Waals surface area contributed by atoms with Crippen LogP contribution in [0.2, 0.25) is 0 Å². The van der Waals surface area contributed by atoms with Crippen molar-refractivity contribution in [1.29, 1.82) is 0 Å². The van der Waals surface area contributed by atoms with Gasteiger partial charge in [0.05, 0.1) is 5.92 Å². The lowest BCUT2D eigenvalue weighted by Crippen LogP contribution is -2.22. The Balaban J connectivity index is 2.05. The van der Waals surface area contributed by atoms with E-state index < -0.39 is 5.37 Å². The minimum atomic E-state index is -0.732. The number of benzene rings is 2. The third kappa shape index (κ3) is 3.36. The molecule has 1 N–H and O–H groups in total. The molecule has 2 unspecified atom stereocenters. The molecule has 3 rings (SSSR count). The molecule has 1 aromatic heterocycles. The summed E-state index contributed by atoms with van der Waals surface area (Å²) in [6, 6.07) is 17.7. The van der Waals surface area contributed by atoms with Crippen molar-refractivity contribution in [2.75, 3.05) is 6.26 Å². The number of H-pyrrole nitrogens is 1. The zero-order valence-electron chi connectivity index (χ0n) is 13.3. The van der Waals surface area contributed by atoms with Crippen LogP contribution in [0.25, 0.3) is 17.0 Å². The number of nitro groups is 1. The van der Waals surface area contributed by atoms with Crippen molar-refractivity contribution in [3.8, 4) is 0 Å². The van der Waals surface area contributed by atoms with E-state index >= 15 is 0 Å². The van der Waals surface area contributed by atoms with Gasteiger partial charge in [-0.1, -0.05) is 72.4 Å². The van der Waals surface area contributed by atoms with Crippen molar-refractivity contribution < 1.29 is 4.92 Å². The van der Waals surface area contributed by atoms with E-state index in [2.05, 4.69) is 4.98 Å². The summed E-state index contributed by atoms with van der Waals surface area (Å²) in [6.45, 7) is 0. The van der Waals surface area contributed by atoms with Gasteiger partial charge in [0.1, 0.15) is 0 Å².